The summed E-state index contributed by atoms with van der Waals surface area (Å²) >= 11 is 0. The van der Waals surface area contributed by atoms with E-state index in [0.29, 0.717) is 19.0 Å². The lowest BCUT2D eigenvalue weighted by molar-refractivity contribution is -0.384. The lowest BCUT2D eigenvalue weighted by Crippen LogP contribution is -2.25. The Morgan fingerprint density at radius 2 is 2.11 bits per heavy atom. The minimum atomic E-state index is -0.575. The monoisotopic (exact) mass is 267 g/mol. The van der Waals surface area contributed by atoms with Crippen LogP contribution in [0.3, 0.4) is 0 Å². The Labute approximate surface area is 111 Å². The Bertz CT molecular complexity index is 473. The van der Waals surface area contributed by atoms with Crippen molar-refractivity contribution in [3.05, 3.63) is 16.3 Å². The molecule has 0 aliphatic heterocycles. The Kier molecular flexibility index (Phi) is 5.16. The fraction of sp³-hybridized carbons (Fsp3) is 0.545. The van der Waals surface area contributed by atoms with Gasteiger partial charge in [0.25, 0.3) is 0 Å². The van der Waals surface area contributed by atoms with Crippen molar-refractivity contribution in [1.29, 1.82) is 0 Å². The van der Waals surface area contributed by atoms with Crippen LogP contribution in [-0.4, -0.2) is 40.3 Å². The van der Waals surface area contributed by atoms with Crippen LogP contribution >= 0.6 is 0 Å². The van der Waals surface area contributed by atoms with Crippen LogP contribution in [0.25, 0.3) is 0 Å². The molecule has 0 atom stereocenters. The standard InChI is InChI=1S/C11H17N5O3/c1-4-15(5-2)11-13-7-9(16(18)19)10(14-11)12-6-8(3)17/h7H,4-6H2,1-3H3,(H,12,13,14). The van der Waals surface area contributed by atoms with Gasteiger partial charge >= 0.3 is 5.69 Å². The molecule has 104 valence electrons. The molecule has 0 amide bonds. The Balaban J connectivity index is 3.09. The van der Waals surface area contributed by atoms with Crippen molar-refractivity contribution < 1.29 is 9.72 Å². The minimum Gasteiger partial charge on any atom is -0.357 e. The van der Waals surface area contributed by atoms with Crippen molar-refractivity contribution in [2.75, 3.05) is 29.9 Å². The van der Waals surface area contributed by atoms with Crippen LogP contribution in [0, 0.1) is 10.1 Å². The first-order valence-corrected chi connectivity index (χ1v) is 5.99. The average molecular weight is 267 g/mol. The van der Waals surface area contributed by atoms with Gasteiger partial charge in [-0.2, -0.15) is 4.98 Å². The molecule has 19 heavy (non-hydrogen) atoms. The van der Waals surface area contributed by atoms with Crippen LogP contribution < -0.4 is 10.2 Å². The quantitative estimate of drug-likeness (QED) is 0.585. The first kappa shape index (κ1) is 14.8. The van der Waals surface area contributed by atoms with Crippen molar-refractivity contribution in [2.45, 2.75) is 20.8 Å². The molecule has 0 bridgehead atoms. The molecule has 8 nitrogen and oxygen atoms in total. The maximum absolute atomic E-state index is 10.9. The first-order valence-electron chi connectivity index (χ1n) is 5.99. The number of hydrogen-bond acceptors (Lipinski definition) is 7. The van der Waals surface area contributed by atoms with Gasteiger partial charge in [0.1, 0.15) is 12.0 Å². The Hall–Kier alpha value is -2.25. The summed E-state index contributed by atoms with van der Waals surface area (Å²) in [6, 6.07) is 0. The number of nitrogens with zero attached hydrogens (tertiary/aromatic N) is 4. The Morgan fingerprint density at radius 3 is 2.58 bits per heavy atom. The highest BCUT2D eigenvalue weighted by Crippen LogP contribution is 2.23. The number of hydrogen-bond donors (Lipinski definition) is 1. The van der Waals surface area contributed by atoms with Gasteiger partial charge in [-0.3, -0.25) is 14.9 Å². The van der Waals surface area contributed by atoms with Crippen LogP contribution in [0.1, 0.15) is 20.8 Å². The smallest absolute Gasteiger partial charge is 0.329 e. The third-order valence-electron chi connectivity index (χ3n) is 2.50. The summed E-state index contributed by atoms with van der Waals surface area (Å²) in [5.41, 5.74) is -0.239. The molecule has 1 aromatic rings. The predicted molar refractivity (Wildman–Crippen MR) is 71.4 cm³/mol. The highest BCUT2D eigenvalue weighted by Gasteiger charge is 2.19. The molecule has 0 aliphatic carbocycles. The van der Waals surface area contributed by atoms with E-state index >= 15 is 0 Å². The van der Waals surface area contributed by atoms with Gasteiger partial charge in [-0.15, -0.1) is 0 Å². The second kappa shape index (κ2) is 6.62. The average Bonchev–Trinajstić information content (AvgIpc) is 2.37. The normalized spacial score (nSPS) is 10.1. The summed E-state index contributed by atoms with van der Waals surface area (Å²) < 4.78 is 0. The molecule has 0 saturated heterocycles. The van der Waals surface area contributed by atoms with Crippen molar-refractivity contribution in [3.63, 3.8) is 0 Å². The number of rotatable bonds is 7. The highest BCUT2D eigenvalue weighted by atomic mass is 16.6. The zero-order valence-electron chi connectivity index (χ0n) is 11.2. The SMILES string of the molecule is CCN(CC)c1ncc([N+](=O)[O-])c(NCC(C)=O)n1. The number of Topliss-reactive ketones (excluding diaryl/α,β-unsaturated/α-hetero) is 1. The molecule has 0 aromatic carbocycles. The lowest BCUT2D eigenvalue weighted by Gasteiger charge is -2.18. The van der Waals surface area contributed by atoms with Crippen LogP contribution in [-0.2, 0) is 4.79 Å². The number of aromatic nitrogens is 2. The number of anilines is 2. The fourth-order valence-electron chi connectivity index (χ4n) is 1.50. The fourth-order valence-corrected chi connectivity index (χ4v) is 1.50. The molecule has 1 heterocycles. The molecule has 8 heteroatoms. The van der Waals surface area contributed by atoms with E-state index < -0.39 is 4.92 Å². The summed E-state index contributed by atoms with van der Waals surface area (Å²) in [5, 5.41) is 13.5. The minimum absolute atomic E-state index is 0.00442. The molecule has 0 spiro atoms. The Morgan fingerprint density at radius 1 is 1.47 bits per heavy atom. The summed E-state index contributed by atoms with van der Waals surface area (Å²) in [6.07, 6.45) is 1.16. The third kappa shape index (κ3) is 3.87. The van der Waals surface area contributed by atoms with Crippen molar-refractivity contribution in [1.82, 2.24) is 9.97 Å². The highest BCUT2D eigenvalue weighted by molar-refractivity contribution is 5.80. The van der Waals surface area contributed by atoms with Gasteiger partial charge in [0.2, 0.25) is 11.8 Å². The first-order chi connectivity index (χ1) is 8.99. The van der Waals surface area contributed by atoms with Gasteiger partial charge in [-0.25, -0.2) is 4.98 Å². The van der Waals surface area contributed by atoms with Crippen LogP contribution in [0.2, 0.25) is 0 Å². The molecular weight excluding hydrogens is 250 g/mol. The molecule has 1 aromatic heterocycles. The maximum atomic E-state index is 10.9. The summed E-state index contributed by atoms with van der Waals surface area (Å²) in [5.74, 6) is 0.344. The van der Waals surface area contributed by atoms with E-state index in [1.165, 1.54) is 6.92 Å². The second-order valence-electron chi connectivity index (χ2n) is 3.89. The predicted octanol–water partition coefficient (Wildman–Crippen LogP) is 1.23. The van der Waals surface area contributed by atoms with E-state index in [0.717, 1.165) is 6.20 Å². The van der Waals surface area contributed by atoms with Gasteiger partial charge in [-0.1, -0.05) is 0 Å². The van der Waals surface area contributed by atoms with Gasteiger partial charge in [0, 0.05) is 13.1 Å². The number of carbonyl (C=O) groups is 1. The zero-order chi connectivity index (χ0) is 14.4. The number of nitrogens with one attached hydrogen (secondary N) is 1. The van der Waals surface area contributed by atoms with Crippen LogP contribution in [0.5, 0.6) is 0 Å². The van der Waals surface area contributed by atoms with Gasteiger partial charge in [0.15, 0.2) is 0 Å². The van der Waals surface area contributed by atoms with Gasteiger partial charge in [-0.05, 0) is 20.8 Å². The molecule has 0 radical (unpaired) electrons. The topological polar surface area (TPSA) is 101 Å². The largest absolute Gasteiger partial charge is 0.357 e. The molecule has 0 fully saturated rings. The molecule has 1 N–H and O–H groups in total. The zero-order valence-corrected chi connectivity index (χ0v) is 11.2. The van der Waals surface area contributed by atoms with Crippen molar-refractivity contribution in [2.24, 2.45) is 0 Å². The van der Waals surface area contributed by atoms with E-state index in [9.17, 15) is 14.9 Å². The van der Waals surface area contributed by atoms with Crippen molar-refractivity contribution >= 4 is 23.2 Å². The number of nitro groups is 1. The van der Waals surface area contributed by atoms with Crippen LogP contribution in [0.15, 0.2) is 6.20 Å². The molecular formula is C11H17N5O3. The molecule has 1 rings (SSSR count). The number of carbonyl (C=O) groups excluding carboxylic acids is 1. The summed E-state index contributed by atoms with van der Waals surface area (Å²) in [6.45, 7) is 6.66. The van der Waals surface area contributed by atoms with Gasteiger partial charge in [0.05, 0.1) is 11.5 Å². The second-order valence-corrected chi connectivity index (χ2v) is 3.89. The van der Waals surface area contributed by atoms with Crippen LogP contribution in [0.4, 0.5) is 17.5 Å². The van der Waals surface area contributed by atoms with E-state index in [4.69, 9.17) is 0 Å². The van der Waals surface area contributed by atoms with E-state index in [-0.39, 0.29) is 23.8 Å². The lowest BCUT2D eigenvalue weighted by atomic mass is 10.4. The van der Waals surface area contributed by atoms with Crippen molar-refractivity contribution in [3.8, 4) is 0 Å². The molecule has 0 unspecified atom stereocenters. The summed E-state index contributed by atoms with van der Waals surface area (Å²) in [4.78, 5) is 31.2. The maximum Gasteiger partial charge on any atom is 0.329 e. The van der Waals surface area contributed by atoms with Gasteiger partial charge < -0.3 is 10.2 Å². The van der Waals surface area contributed by atoms with E-state index in [1.54, 1.807) is 0 Å². The molecule has 0 aliphatic rings. The van der Waals surface area contributed by atoms with E-state index in [2.05, 4.69) is 15.3 Å². The van der Waals surface area contributed by atoms with E-state index in [1.807, 2.05) is 18.7 Å². The number of ketones is 1. The third-order valence-corrected chi connectivity index (χ3v) is 2.50. The molecule has 0 saturated carbocycles. The summed E-state index contributed by atoms with van der Waals surface area (Å²) in [7, 11) is 0.